The molecular formula is C15H19N5O. The van der Waals surface area contributed by atoms with Gasteiger partial charge in [0.15, 0.2) is 0 Å². The molecule has 2 aromatic rings. The van der Waals surface area contributed by atoms with Crippen molar-refractivity contribution < 1.29 is 4.79 Å². The maximum absolute atomic E-state index is 12.6. The molecule has 0 aromatic carbocycles. The summed E-state index contributed by atoms with van der Waals surface area (Å²) < 4.78 is 1.72. The summed E-state index contributed by atoms with van der Waals surface area (Å²) in [5, 5.41) is 7.46. The van der Waals surface area contributed by atoms with Crippen LogP contribution < -0.4 is 5.32 Å². The summed E-state index contributed by atoms with van der Waals surface area (Å²) in [6.45, 7) is 2.32. The Bertz CT molecular complexity index is 610. The van der Waals surface area contributed by atoms with Crippen molar-refractivity contribution in [3.63, 3.8) is 0 Å². The van der Waals surface area contributed by atoms with E-state index in [1.165, 1.54) is 0 Å². The minimum Gasteiger partial charge on any atom is -0.333 e. The topological polar surface area (TPSA) is 63.1 Å². The fraction of sp³-hybridized carbons (Fsp3) is 0.400. The molecule has 0 bridgehead atoms. The van der Waals surface area contributed by atoms with Crippen LogP contribution in [-0.2, 0) is 18.3 Å². The second-order valence-electron chi connectivity index (χ2n) is 5.29. The molecule has 1 N–H and O–H groups in total. The number of rotatable bonds is 3. The second-order valence-corrected chi connectivity index (χ2v) is 5.29. The minimum atomic E-state index is 0.0524. The van der Waals surface area contributed by atoms with Crippen LogP contribution in [0.1, 0.15) is 17.2 Å². The number of nitrogens with one attached hydrogen (secondary N) is 1. The van der Waals surface area contributed by atoms with Crippen molar-refractivity contribution in [3.05, 3.63) is 48.0 Å². The van der Waals surface area contributed by atoms with Gasteiger partial charge in [-0.2, -0.15) is 5.10 Å². The molecule has 1 aliphatic heterocycles. The van der Waals surface area contributed by atoms with Crippen molar-refractivity contribution in [2.75, 3.05) is 19.6 Å². The molecule has 1 unspecified atom stereocenters. The summed E-state index contributed by atoms with van der Waals surface area (Å²) in [4.78, 5) is 18.7. The maximum atomic E-state index is 12.6. The largest absolute Gasteiger partial charge is 0.333 e. The van der Waals surface area contributed by atoms with Crippen molar-refractivity contribution >= 4 is 5.91 Å². The smallest absolute Gasteiger partial charge is 0.227 e. The van der Waals surface area contributed by atoms with E-state index in [-0.39, 0.29) is 11.9 Å². The van der Waals surface area contributed by atoms with Gasteiger partial charge in [-0.05, 0) is 17.2 Å². The first-order chi connectivity index (χ1) is 10.2. The first-order valence-corrected chi connectivity index (χ1v) is 7.11. The quantitative estimate of drug-likeness (QED) is 0.893. The van der Waals surface area contributed by atoms with Gasteiger partial charge in [-0.3, -0.25) is 14.5 Å². The van der Waals surface area contributed by atoms with Crippen molar-refractivity contribution in [2.24, 2.45) is 7.05 Å². The van der Waals surface area contributed by atoms with Crippen molar-refractivity contribution in [2.45, 2.75) is 12.5 Å². The third-order valence-corrected chi connectivity index (χ3v) is 3.75. The highest BCUT2D eigenvalue weighted by atomic mass is 16.2. The number of aromatic nitrogens is 3. The van der Waals surface area contributed by atoms with E-state index in [1.807, 2.05) is 36.5 Å². The summed E-state index contributed by atoms with van der Waals surface area (Å²) in [5.74, 6) is 0.137. The van der Waals surface area contributed by atoms with Crippen LogP contribution in [0.15, 0.2) is 36.9 Å². The van der Waals surface area contributed by atoms with Gasteiger partial charge in [0, 0.05) is 45.3 Å². The fourth-order valence-electron chi connectivity index (χ4n) is 2.71. The lowest BCUT2D eigenvalue weighted by molar-refractivity contribution is -0.133. The number of carbonyl (C=O) groups excluding carboxylic acids is 1. The standard InChI is InChI=1S/C15H19N5O/c1-19-11-12(8-18-19)7-15(21)20-6-5-17-10-14(20)13-3-2-4-16-9-13/h2-4,8-9,11,14,17H,5-7,10H2,1H3. The molecule has 6 nitrogen and oxygen atoms in total. The molecule has 1 atom stereocenters. The van der Waals surface area contributed by atoms with E-state index in [9.17, 15) is 4.79 Å². The van der Waals surface area contributed by atoms with Gasteiger partial charge in [0.1, 0.15) is 0 Å². The first-order valence-electron chi connectivity index (χ1n) is 7.11. The predicted molar refractivity (Wildman–Crippen MR) is 78.5 cm³/mol. The van der Waals surface area contributed by atoms with Crippen LogP contribution in [0, 0.1) is 0 Å². The predicted octanol–water partition coefficient (Wildman–Crippen LogP) is 0.531. The number of aryl methyl sites for hydroxylation is 1. The van der Waals surface area contributed by atoms with E-state index < -0.39 is 0 Å². The summed E-state index contributed by atoms with van der Waals surface area (Å²) in [6.07, 6.45) is 7.62. The zero-order chi connectivity index (χ0) is 14.7. The van der Waals surface area contributed by atoms with Gasteiger partial charge in [-0.1, -0.05) is 6.07 Å². The molecule has 1 aliphatic rings. The Morgan fingerprint density at radius 2 is 2.38 bits per heavy atom. The Balaban J connectivity index is 1.76. The van der Waals surface area contributed by atoms with E-state index in [0.29, 0.717) is 6.42 Å². The Labute approximate surface area is 123 Å². The lowest BCUT2D eigenvalue weighted by Gasteiger charge is -2.36. The number of amides is 1. The van der Waals surface area contributed by atoms with E-state index in [1.54, 1.807) is 17.1 Å². The number of hydrogen-bond acceptors (Lipinski definition) is 4. The lowest BCUT2D eigenvalue weighted by Crippen LogP contribution is -2.49. The third-order valence-electron chi connectivity index (χ3n) is 3.75. The number of nitrogens with zero attached hydrogens (tertiary/aromatic N) is 4. The molecule has 3 heterocycles. The van der Waals surface area contributed by atoms with E-state index in [4.69, 9.17) is 0 Å². The van der Waals surface area contributed by atoms with Crippen LogP contribution in [0.4, 0.5) is 0 Å². The minimum absolute atomic E-state index is 0.0524. The molecule has 21 heavy (non-hydrogen) atoms. The second kappa shape index (κ2) is 6.05. The van der Waals surface area contributed by atoms with Gasteiger partial charge in [-0.15, -0.1) is 0 Å². The van der Waals surface area contributed by atoms with Crippen LogP contribution in [0.5, 0.6) is 0 Å². The molecular weight excluding hydrogens is 266 g/mol. The van der Waals surface area contributed by atoms with E-state index in [0.717, 1.165) is 30.8 Å². The summed E-state index contributed by atoms with van der Waals surface area (Å²) in [7, 11) is 1.86. The molecule has 1 amide bonds. The zero-order valence-electron chi connectivity index (χ0n) is 12.1. The molecule has 1 fully saturated rings. The van der Waals surface area contributed by atoms with Crippen molar-refractivity contribution in [1.82, 2.24) is 25.0 Å². The number of piperazine rings is 1. The Hall–Kier alpha value is -2.21. The van der Waals surface area contributed by atoms with Crippen molar-refractivity contribution in [3.8, 4) is 0 Å². The van der Waals surface area contributed by atoms with Gasteiger partial charge in [-0.25, -0.2) is 0 Å². The van der Waals surface area contributed by atoms with Crippen molar-refractivity contribution in [1.29, 1.82) is 0 Å². The van der Waals surface area contributed by atoms with Gasteiger partial charge in [0.05, 0.1) is 18.7 Å². The normalized spacial score (nSPS) is 18.7. The zero-order valence-corrected chi connectivity index (χ0v) is 12.1. The third kappa shape index (κ3) is 3.11. The van der Waals surface area contributed by atoms with E-state index in [2.05, 4.69) is 15.4 Å². The Morgan fingerprint density at radius 1 is 1.48 bits per heavy atom. The highest BCUT2D eigenvalue weighted by Gasteiger charge is 2.27. The average molecular weight is 285 g/mol. The van der Waals surface area contributed by atoms with Crippen LogP contribution >= 0.6 is 0 Å². The number of pyridine rings is 1. The molecule has 110 valence electrons. The molecule has 0 aliphatic carbocycles. The van der Waals surface area contributed by atoms with Crippen LogP contribution in [0.25, 0.3) is 0 Å². The number of carbonyl (C=O) groups is 1. The SMILES string of the molecule is Cn1cc(CC(=O)N2CCNCC2c2cccnc2)cn1. The fourth-order valence-corrected chi connectivity index (χ4v) is 2.71. The summed E-state index contributed by atoms with van der Waals surface area (Å²) in [5.41, 5.74) is 2.02. The summed E-state index contributed by atoms with van der Waals surface area (Å²) in [6, 6.07) is 3.99. The van der Waals surface area contributed by atoms with Crippen LogP contribution in [0.2, 0.25) is 0 Å². The first kappa shape index (κ1) is 13.8. The van der Waals surface area contributed by atoms with Crippen LogP contribution in [0.3, 0.4) is 0 Å². The number of hydrogen-bond donors (Lipinski definition) is 1. The monoisotopic (exact) mass is 285 g/mol. The van der Waals surface area contributed by atoms with E-state index >= 15 is 0 Å². The van der Waals surface area contributed by atoms with Gasteiger partial charge in [0.25, 0.3) is 0 Å². The Morgan fingerprint density at radius 3 is 3.10 bits per heavy atom. The highest BCUT2D eigenvalue weighted by Crippen LogP contribution is 2.22. The Kier molecular flexibility index (Phi) is 3.96. The lowest BCUT2D eigenvalue weighted by atomic mass is 10.0. The molecule has 0 saturated carbocycles. The van der Waals surface area contributed by atoms with Gasteiger partial charge >= 0.3 is 0 Å². The summed E-state index contributed by atoms with van der Waals surface area (Å²) >= 11 is 0. The molecule has 2 aromatic heterocycles. The average Bonchev–Trinajstić information content (AvgIpc) is 2.93. The van der Waals surface area contributed by atoms with Gasteiger partial charge < -0.3 is 10.2 Å². The molecule has 6 heteroatoms. The molecule has 0 radical (unpaired) electrons. The molecule has 3 rings (SSSR count). The van der Waals surface area contributed by atoms with Crippen LogP contribution in [-0.4, -0.2) is 45.2 Å². The van der Waals surface area contributed by atoms with Gasteiger partial charge in [0.2, 0.25) is 5.91 Å². The molecule has 1 saturated heterocycles. The highest BCUT2D eigenvalue weighted by molar-refractivity contribution is 5.79. The maximum Gasteiger partial charge on any atom is 0.227 e. The molecule has 0 spiro atoms.